The maximum absolute atomic E-state index is 13.1. The lowest BCUT2D eigenvalue weighted by molar-refractivity contribution is -0.121. The third-order valence-corrected chi connectivity index (χ3v) is 6.53. The molecule has 1 aliphatic rings. The summed E-state index contributed by atoms with van der Waals surface area (Å²) in [5.41, 5.74) is 7.91. The number of pyridine rings is 1. The van der Waals surface area contributed by atoms with E-state index in [1.807, 2.05) is 18.2 Å². The smallest absolute Gasteiger partial charge is 0.247 e. The Morgan fingerprint density at radius 3 is 2.42 bits per heavy atom. The Labute approximate surface area is 194 Å². The number of imide groups is 1. The molecule has 164 valence electrons. The average Bonchev–Trinajstić information content (AvgIpc) is 3.42. The summed E-state index contributed by atoms with van der Waals surface area (Å²) < 4.78 is 5.40. The van der Waals surface area contributed by atoms with Gasteiger partial charge < -0.3 is 10.2 Å². The predicted octanol–water partition coefficient (Wildman–Crippen LogP) is 4.21. The van der Waals surface area contributed by atoms with Crippen molar-refractivity contribution in [1.29, 1.82) is 10.5 Å². The van der Waals surface area contributed by atoms with Crippen LogP contribution < -0.4 is 10.6 Å². The van der Waals surface area contributed by atoms with Gasteiger partial charge in [0.25, 0.3) is 0 Å². The van der Waals surface area contributed by atoms with Crippen LogP contribution in [0.4, 0.5) is 11.5 Å². The van der Waals surface area contributed by atoms with Crippen molar-refractivity contribution in [2.24, 2.45) is 0 Å². The molecule has 3 aromatic rings. The quantitative estimate of drug-likeness (QED) is 0.562. The van der Waals surface area contributed by atoms with Gasteiger partial charge in [-0.3, -0.25) is 9.59 Å². The topological polar surface area (TPSA) is 137 Å². The highest BCUT2D eigenvalue weighted by Gasteiger charge is 2.41. The van der Waals surface area contributed by atoms with Crippen molar-refractivity contribution in [3.63, 3.8) is 0 Å². The summed E-state index contributed by atoms with van der Waals surface area (Å²) >= 11 is 0.989. The molecule has 1 atom stereocenters. The van der Waals surface area contributed by atoms with Crippen LogP contribution in [0.25, 0.3) is 11.3 Å². The standard InChI is InChI=1S/C24H19N5O3S/c1-13(2)14-5-7-15(8-6-14)29-20(30)10-19(24(29)31)33-23-17(12-26)21(18-4-3-9-32-18)16(11-25)22(27)28-23/h3-9,13,19H,10H2,1-2H3,(H2,27,28). The van der Waals surface area contributed by atoms with Crippen LogP contribution in [0.15, 0.2) is 52.1 Å². The van der Waals surface area contributed by atoms with E-state index in [1.165, 1.54) is 6.26 Å². The monoisotopic (exact) mass is 457 g/mol. The Morgan fingerprint density at radius 1 is 1.15 bits per heavy atom. The lowest BCUT2D eigenvalue weighted by atomic mass is 10.0. The second-order valence-electron chi connectivity index (χ2n) is 7.75. The number of carbonyl (C=O) groups is 2. The molecule has 1 unspecified atom stereocenters. The number of amides is 2. The van der Waals surface area contributed by atoms with Gasteiger partial charge in [0.15, 0.2) is 0 Å². The SMILES string of the molecule is CC(C)c1ccc(N2C(=O)CC(Sc3nc(N)c(C#N)c(-c4ccco4)c3C#N)C2=O)cc1. The van der Waals surface area contributed by atoms with Gasteiger partial charge in [0.1, 0.15) is 34.3 Å². The van der Waals surface area contributed by atoms with Crippen LogP contribution in [0.1, 0.15) is 42.9 Å². The molecular weight excluding hydrogens is 438 g/mol. The van der Waals surface area contributed by atoms with Crippen molar-refractivity contribution >= 4 is 35.1 Å². The van der Waals surface area contributed by atoms with Crippen LogP contribution in [0.5, 0.6) is 0 Å². The molecule has 2 amide bonds. The van der Waals surface area contributed by atoms with Gasteiger partial charge >= 0.3 is 0 Å². The molecule has 0 radical (unpaired) electrons. The number of benzene rings is 1. The van der Waals surface area contributed by atoms with Gasteiger partial charge in [-0.05, 0) is 35.7 Å². The van der Waals surface area contributed by atoms with Crippen LogP contribution in [0.3, 0.4) is 0 Å². The third kappa shape index (κ3) is 3.95. The summed E-state index contributed by atoms with van der Waals surface area (Å²) in [7, 11) is 0. The summed E-state index contributed by atoms with van der Waals surface area (Å²) in [4.78, 5) is 31.2. The molecule has 1 aromatic carbocycles. The molecule has 1 fully saturated rings. The Hall–Kier alpha value is -4.08. The molecule has 2 N–H and O–H groups in total. The number of hydrogen-bond donors (Lipinski definition) is 1. The fraction of sp³-hybridized carbons (Fsp3) is 0.208. The second kappa shape index (κ2) is 8.81. The number of hydrogen-bond acceptors (Lipinski definition) is 8. The summed E-state index contributed by atoms with van der Waals surface area (Å²) in [6.45, 7) is 4.13. The normalized spacial score (nSPS) is 15.7. The summed E-state index contributed by atoms with van der Waals surface area (Å²) in [5, 5.41) is 18.8. The number of nitriles is 2. The minimum atomic E-state index is -0.779. The lowest BCUT2D eigenvalue weighted by Crippen LogP contribution is -2.31. The van der Waals surface area contributed by atoms with Crippen LogP contribution in [-0.4, -0.2) is 22.0 Å². The molecule has 8 nitrogen and oxygen atoms in total. The highest BCUT2D eigenvalue weighted by molar-refractivity contribution is 8.00. The van der Waals surface area contributed by atoms with Crippen molar-refractivity contribution in [3.8, 4) is 23.5 Å². The molecule has 4 rings (SSSR count). The average molecular weight is 458 g/mol. The third-order valence-electron chi connectivity index (χ3n) is 5.36. The summed E-state index contributed by atoms with van der Waals surface area (Å²) in [5.74, 6) is -0.187. The van der Waals surface area contributed by atoms with E-state index in [0.29, 0.717) is 17.4 Å². The number of rotatable bonds is 5. The van der Waals surface area contributed by atoms with E-state index in [4.69, 9.17) is 10.2 Å². The number of furan rings is 1. The van der Waals surface area contributed by atoms with Gasteiger partial charge in [-0.2, -0.15) is 10.5 Å². The molecule has 1 aliphatic heterocycles. The van der Waals surface area contributed by atoms with Gasteiger partial charge in [-0.25, -0.2) is 9.88 Å². The minimum Gasteiger partial charge on any atom is -0.464 e. The number of nitrogen functional groups attached to an aromatic ring is 1. The zero-order valence-corrected chi connectivity index (χ0v) is 18.7. The largest absolute Gasteiger partial charge is 0.464 e. The van der Waals surface area contributed by atoms with E-state index >= 15 is 0 Å². The van der Waals surface area contributed by atoms with Gasteiger partial charge in [-0.15, -0.1) is 0 Å². The Kier molecular flexibility index (Phi) is 5.91. The van der Waals surface area contributed by atoms with E-state index in [0.717, 1.165) is 22.2 Å². The van der Waals surface area contributed by atoms with Crippen LogP contribution >= 0.6 is 11.8 Å². The maximum Gasteiger partial charge on any atom is 0.247 e. The van der Waals surface area contributed by atoms with Gasteiger partial charge in [0, 0.05) is 6.42 Å². The molecule has 9 heteroatoms. The van der Waals surface area contributed by atoms with E-state index in [-0.39, 0.29) is 39.9 Å². The Bertz CT molecular complexity index is 1320. The predicted molar refractivity (Wildman–Crippen MR) is 123 cm³/mol. The highest BCUT2D eigenvalue weighted by atomic mass is 32.2. The maximum atomic E-state index is 13.1. The lowest BCUT2D eigenvalue weighted by Gasteiger charge is -2.16. The number of thioether (sulfide) groups is 1. The molecule has 3 heterocycles. The van der Waals surface area contributed by atoms with Crippen molar-refractivity contribution in [3.05, 3.63) is 59.4 Å². The number of aromatic nitrogens is 1. The first-order valence-corrected chi connectivity index (χ1v) is 11.0. The molecule has 0 aliphatic carbocycles. The zero-order valence-electron chi connectivity index (χ0n) is 17.9. The van der Waals surface area contributed by atoms with Crippen molar-refractivity contribution in [2.75, 3.05) is 10.6 Å². The zero-order chi connectivity index (χ0) is 23.7. The number of nitrogens with two attached hydrogens (primary N) is 1. The van der Waals surface area contributed by atoms with E-state index in [2.05, 4.69) is 24.9 Å². The van der Waals surface area contributed by atoms with Crippen molar-refractivity contribution in [2.45, 2.75) is 36.5 Å². The number of anilines is 2. The number of nitrogens with zero attached hydrogens (tertiary/aromatic N) is 4. The summed E-state index contributed by atoms with van der Waals surface area (Å²) in [6.07, 6.45) is 1.38. The fourth-order valence-electron chi connectivity index (χ4n) is 3.66. The first-order chi connectivity index (χ1) is 15.8. The molecule has 0 spiro atoms. The van der Waals surface area contributed by atoms with E-state index < -0.39 is 11.2 Å². The van der Waals surface area contributed by atoms with Crippen LogP contribution in [0.2, 0.25) is 0 Å². The summed E-state index contributed by atoms with van der Waals surface area (Å²) in [6, 6.07) is 14.6. The number of carbonyl (C=O) groups excluding carboxylic acids is 2. The Balaban J connectivity index is 1.69. The van der Waals surface area contributed by atoms with Crippen molar-refractivity contribution < 1.29 is 14.0 Å². The molecular formula is C24H19N5O3S. The van der Waals surface area contributed by atoms with Crippen LogP contribution in [-0.2, 0) is 9.59 Å². The van der Waals surface area contributed by atoms with Crippen molar-refractivity contribution in [1.82, 2.24) is 4.98 Å². The van der Waals surface area contributed by atoms with Gasteiger partial charge in [-0.1, -0.05) is 37.7 Å². The minimum absolute atomic E-state index is 0.0199. The molecule has 0 bridgehead atoms. The fourth-order valence-corrected chi connectivity index (χ4v) is 4.78. The van der Waals surface area contributed by atoms with E-state index in [9.17, 15) is 20.1 Å². The molecule has 1 saturated heterocycles. The first-order valence-electron chi connectivity index (χ1n) is 10.2. The molecule has 33 heavy (non-hydrogen) atoms. The Morgan fingerprint density at radius 2 is 1.85 bits per heavy atom. The molecule has 2 aromatic heterocycles. The second-order valence-corrected chi connectivity index (χ2v) is 8.94. The van der Waals surface area contributed by atoms with Gasteiger partial charge in [0.05, 0.1) is 28.3 Å². The van der Waals surface area contributed by atoms with Gasteiger partial charge in [0.2, 0.25) is 11.8 Å². The van der Waals surface area contributed by atoms with E-state index in [1.54, 1.807) is 24.3 Å². The molecule has 0 saturated carbocycles. The van der Waals surface area contributed by atoms with Crippen LogP contribution in [0, 0.1) is 22.7 Å². The highest BCUT2D eigenvalue weighted by Crippen LogP contribution is 2.40. The first kappa shape index (κ1) is 22.1.